The van der Waals surface area contributed by atoms with Crippen molar-refractivity contribution in [2.24, 2.45) is 11.8 Å². The van der Waals surface area contributed by atoms with Crippen LogP contribution in [0, 0.1) is 11.8 Å². The third kappa shape index (κ3) is 2.95. The molecule has 3 rings (SSSR count). The minimum Gasteiger partial charge on any atom is -0.396 e. The first kappa shape index (κ1) is 14.6. The van der Waals surface area contributed by atoms with Gasteiger partial charge in [0.25, 0.3) is 0 Å². The number of aliphatic hydroxyl groups excluding tert-OH is 1. The van der Waals surface area contributed by atoms with Gasteiger partial charge in [-0.3, -0.25) is 0 Å². The van der Waals surface area contributed by atoms with E-state index in [9.17, 15) is 5.11 Å². The fourth-order valence-electron chi connectivity index (χ4n) is 3.91. The molecule has 0 spiro atoms. The average Bonchev–Trinajstić information content (AvgIpc) is 2.90. The zero-order chi connectivity index (χ0) is 13.9. The Kier molecular flexibility index (Phi) is 4.79. The summed E-state index contributed by atoms with van der Waals surface area (Å²) < 4.78 is 1.25. The van der Waals surface area contributed by atoms with Crippen LogP contribution in [0.4, 0.5) is 0 Å². The SMILES string of the molecule is OCC1CCCCC1CNC1CCc2c(Br)cccc21. The standard InChI is InChI=1S/C17H24BrNO/c18-16-7-3-6-15-14(16)8-9-17(15)19-10-12-4-1-2-5-13(12)11-20/h3,6-7,12-13,17,19-20H,1-2,4-5,8-11H2. The van der Waals surface area contributed by atoms with Crippen LogP contribution in [0.25, 0.3) is 0 Å². The fourth-order valence-corrected chi connectivity index (χ4v) is 4.49. The monoisotopic (exact) mass is 337 g/mol. The fraction of sp³-hybridized carbons (Fsp3) is 0.647. The van der Waals surface area contributed by atoms with Crippen LogP contribution in [0.3, 0.4) is 0 Å². The van der Waals surface area contributed by atoms with Crippen molar-refractivity contribution in [1.82, 2.24) is 5.32 Å². The molecule has 2 N–H and O–H groups in total. The molecule has 0 amide bonds. The van der Waals surface area contributed by atoms with Crippen molar-refractivity contribution in [3.63, 3.8) is 0 Å². The minimum absolute atomic E-state index is 0.360. The Morgan fingerprint density at radius 3 is 2.75 bits per heavy atom. The van der Waals surface area contributed by atoms with Crippen molar-refractivity contribution < 1.29 is 5.11 Å². The molecule has 0 bridgehead atoms. The van der Waals surface area contributed by atoms with Gasteiger partial charge in [-0.2, -0.15) is 0 Å². The molecular formula is C17H24BrNO. The molecule has 2 aliphatic carbocycles. The van der Waals surface area contributed by atoms with Crippen LogP contribution in [0.15, 0.2) is 22.7 Å². The molecule has 20 heavy (non-hydrogen) atoms. The van der Waals surface area contributed by atoms with Crippen LogP contribution in [0.1, 0.15) is 49.3 Å². The largest absolute Gasteiger partial charge is 0.396 e. The van der Waals surface area contributed by atoms with Crippen molar-refractivity contribution in [2.75, 3.05) is 13.2 Å². The van der Waals surface area contributed by atoms with Crippen molar-refractivity contribution in [3.05, 3.63) is 33.8 Å². The van der Waals surface area contributed by atoms with Crippen LogP contribution in [-0.4, -0.2) is 18.3 Å². The lowest BCUT2D eigenvalue weighted by atomic mass is 9.79. The molecule has 0 heterocycles. The van der Waals surface area contributed by atoms with E-state index >= 15 is 0 Å². The second kappa shape index (κ2) is 6.59. The first-order chi connectivity index (χ1) is 9.79. The second-order valence-corrected chi connectivity index (χ2v) is 7.15. The molecule has 1 fully saturated rings. The molecule has 2 aliphatic rings. The second-order valence-electron chi connectivity index (χ2n) is 6.29. The van der Waals surface area contributed by atoms with Gasteiger partial charge in [0.1, 0.15) is 0 Å². The van der Waals surface area contributed by atoms with E-state index in [-0.39, 0.29) is 0 Å². The van der Waals surface area contributed by atoms with E-state index in [1.807, 2.05) is 0 Å². The van der Waals surface area contributed by atoms with E-state index in [0.29, 0.717) is 24.5 Å². The summed E-state index contributed by atoms with van der Waals surface area (Å²) in [6.07, 6.45) is 7.47. The number of nitrogens with one attached hydrogen (secondary N) is 1. The average molecular weight is 338 g/mol. The summed E-state index contributed by atoms with van der Waals surface area (Å²) in [6.45, 7) is 1.42. The molecule has 3 atom stereocenters. The highest BCUT2D eigenvalue weighted by molar-refractivity contribution is 9.10. The third-order valence-electron chi connectivity index (χ3n) is 5.14. The molecule has 3 heteroatoms. The molecule has 1 aromatic rings. The van der Waals surface area contributed by atoms with Crippen LogP contribution < -0.4 is 5.32 Å². The highest BCUT2D eigenvalue weighted by Crippen LogP contribution is 2.36. The molecule has 3 unspecified atom stereocenters. The zero-order valence-corrected chi connectivity index (χ0v) is 13.5. The highest BCUT2D eigenvalue weighted by Gasteiger charge is 2.28. The number of rotatable bonds is 4. The van der Waals surface area contributed by atoms with E-state index in [1.165, 1.54) is 54.1 Å². The van der Waals surface area contributed by atoms with Gasteiger partial charge in [-0.15, -0.1) is 0 Å². The molecule has 110 valence electrons. The van der Waals surface area contributed by atoms with Gasteiger partial charge in [-0.25, -0.2) is 0 Å². The number of halogens is 1. The Morgan fingerprint density at radius 2 is 1.95 bits per heavy atom. The molecule has 0 saturated heterocycles. The van der Waals surface area contributed by atoms with Crippen molar-refractivity contribution in [1.29, 1.82) is 0 Å². The smallest absolute Gasteiger partial charge is 0.0462 e. The molecule has 0 aliphatic heterocycles. The van der Waals surface area contributed by atoms with Gasteiger partial charge in [0, 0.05) is 17.1 Å². The van der Waals surface area contributed by atoms with E-state index in [4.69, 9.17) is 0 Å². The molecule has 0 aromatic heterocycles. The lowest BCUT2D eigenvalue weighted by Gasteiger charge is -2.31. The Balaban J connectivity index is 1.61. The minimum atomic E-state index is 0.360. The Hall–Kier alpha value is -0.380. The van der Waals surface area contributed by atoms with E-state index in [1.54, 1.807) is 0 Å². The van der Waals surface area contributed by atoms with Gasteiger partial charge >= 0.3 is 0 Å². The zero-order valence-electron chi connectivity index (χ0n) is 11.9. The lowest BCUT2D eigenvalue weighted by molar-refractivity contribution is 0.131. The molecule has 1 saturated carbocycles. The lowest BCUT2D eigenvalue weighted by Crippen LogP contribution is -2.33. The number of fused-ring (bicyclic) bond motifs is 1. The summed E-state index contributed by atoms with van der Waals surface area (Å²) in [5, 5.41) is 13.3. The number of hydrogen-bond acceptors (Lipinski definition) is 2. The first-order valence-corrected chi connectivity index (χ1v) is 8.70. The maximum atomic E-state index is 9.51. The van der Waals surface area contributed by atoms with E-state index in [2.05, 4.69) is 39.4 Å². The van der Waals surface area contributed by atoms with Crippen molar-refractivity contribution >= 4 is 15.9 Å². The Morgan fingerprint density at radius 1 is 1.15 bits per heavy atom. The van der Waals surface area contributed by atoms with Crippen molar-refractivity contribution in [2.45, 2.75) is 44.6 Å². The van der Waals surface area contributed by atoms with E-state index in [0.717, 1.165) is 6.54 Å². The summed E-state index contributed by atoms with van der Waals surface area (Å²) in [5.74, 6) is 1.17. The number of aliphatic hydroxyl groups is 1. The molecular weight excluding hydrogens is 314 g/mol. The first-order valence-electron chi connectivity index (χ1n) is 7.91. The van der Waals surface area contributed by atoms with Crippen LogP contribution in [0.5, 0.6) is 0 Å². The normalized spacial score (nSPS) is 29.4. The maximum Gasteiger partial charge on any atom is 0.0462 e. The third-order valence-corrected chi connectivity index (χ3v) is 5.88. The number of benzene rings is 1. The van der Waals surface area contributed by atoms with Gasteiger partial charge < -0.3 is 10.4 Å². The van der Waals surface area contributed by atoms with Crippen LogP contribution in [0.2, 0.25) is 0 Å². The van der Waals surface area contributed by atoms with Gasteiger partial charge in [-0.1, -0.05) is 40.9 Å². The van der Waals surface area contributed by atoms with Crippen molar-refractivity contribution in [3.8, 4) is 0 Å². The predicted octanol–water partition coefficient (Wildman–Crippen LogP) is 3.82. The van der Waals surface area contributed by atoms with E-state index < -0.39 is 0 Å². The summed E-state index contributed by atoms with van der Waals surface area (Å²) >= 11 is 3.66. The summed E-state index contributed by atoms with van der Waals surface area (Å²) in [7, 11) is 0. The number of hydrogen-bond donors (Lipinski definition) is 2. The molecule has 0 radical (unpaired) electrons. The van der Waals surface area contributed by atoms with Gasteiger partial charge in [0.15, 0.2) is 0 Å². The predicted molar refractivity (Wildman–Crippen MR) is 85.7 cm³/mol. The Bertz CT molecular complexity index is 462. The van der Waals surface area contributed by atoms with Crippen LogP contribution in [-0.2, 0) is 6.42 Å². The summed E-state index contributed by atoms with van der Waals surface area (Å²) in [6, 6.07) is 7.04. The van der Waals surface area contributed by atoms with Gasteiger partial charge in [0.2, 0.25) is 0 Å². The van der Waals surface area contributed by atoms with Gasteiger partial charge in [-0.05, 0) is 61.3 Å². The summed E-state index contributed by atoms with van der Waals surface area (Å²) in [5.41, 5.74) is 2.95. The molecule has 2 nitrogen and oxygen atoms in total. The topological polar surface area (TPSA) is 32.3 Å². The Labute approximate surface area is 130 Å². The molecule has 1 aromatic carbocycles. The van der Waals surface area contributed by atoms with Crippen LogP contribution >= 0.6 is 15.9 Å². The highest BCUT2D eigenvalue weighted by atomic mass is 79.9. The summed E-state index contributed by atoms with van der Waals surface area (Å²) in [4.78, 5) is 0. The van der Waals surface area contributed by atoms with Gasteiger partial charge in [0.05, 0.1) is 0 Å². The quantitative estimate of drug-likeness (QED) is 0.875. The maximum absolute atomic E-state index is 9.51.